The Morgan fingerprint density at radius 1 is 1.14 bits per heavy atom. The highest BCUT2D eigenvalue weighted by Gasteiger charge is 2.30. The Bertz CT molecular complexity index is 835. The first-order valence-corrected chi connectivity index (χ1v) is 9.35. The molecule has 0 saturated carbocycles. The second-order valence-corrected chi connectivity index (χ2v) is 6.56. The largest absolute Gasteiger partial charge is 0.445 e. The molecule has 6 heteroatoms. The third kappa shape index (κ3) is 4.98. The smallest absolute Gasteiger partial charge is 0.411 e. The first-order valence-electron chi connectivity index (χ1n) is 9.35. The monoisotopic (exact) mass is 380 g/mol. The number of anilines is 1. The topological polar surface area (TPSA) is 78.9 Å². The van der Waals surface area contributed by atoms with Gasteiger partial charge in [0.1, 0.15) is 6.61 Å². The van der Waals surface area contributed by atoms with Crippen molar-refractivity contribution in [2.24, 2.45) is 0 Å². The minimum atomic E-state index is -0.627. The van der Waals surface area contributed by atoms with Crippen molar-refractivity contribution >= 4 is 23.8 Å². The van der Waals surface area contributed by atoms with Crippen LogP contribution in [0, 0.1) is 0 Å². The maximum atomic E-state index is 12.8. The van der Waals surface area contributed by atoms with Crippen LogP contribution in [0.4, 0.5) is 10.5 Å². The molecule has 146 valence electrons. The van der Waals surface area contributed by atoms with Crippen molar-refractivity contribution in [1.82, 2.24) is 4.90 Å². The van der Waals surface area contributed by atoms with Crippen LogP contribution in [0.2, 0.25) is 0 Å². The summed E-state index contributed by atoms with van der Waals surface area (Å²) in [5, 5.41) is 12.1. The van der Waals surface area contributed by atoms with Crippen LogP contribution in [0.5, 0.6) is 0 Å². The molecule has 2 N–H and O–H groups in total. The van der Waals surface area contributed by atoms with Crippen LogP contribution in [-0.4, -0.2) is 47.8 Å². The number of likely N-dealkylation sites (tertiary alicyclic amines) is 1. The number of aliphatic hydroxyl groups excluding tert-OH is 1. The zero-order chi connectivity index (χ0) is 19.8. The molecule has 3 rings (SSSR count). The molecule has 6 nitrogen and oxygen atoms in total. The predicted molar refractivity (Wildman–Crippen MR) is 108 cm³/mol. The summed E-state index contributed by atoms with van der Waals surface area (Å²) in [6.07, 6.45) is 4.64. The van der Waals surface area contributed by atoms with Crippen molar-refractivity contribution < 1.29 is 19.4 Å². The number of hydrogen-bond acceptors (Lipinski definition) is 4. The van der Waals surface area contributed by atoms with Gasteiger partial charge in [0.2, 0.25) is 0 Å². The Labute approximate surface area is 164 Å². The molecule has 1 aliphatic heterocycles. The molecule has 1 saturated heterocycles. The number of nitrogens with one attached hydrogen (secondary N) is 1. The highest BCUT2D eigenvalue weighted by atomic mass is 16.5. The van der Waals surface area contributed by atoms with Gasteiger partial charge >= 0.3 is 6.09 Å². The van der Waals surface area contributed by atoms with Crippen molar-refractivity contribution in [3.05, 3.63) is 71.8 Å². The van der Waals surface area contributed by atoms with Gasteiger partial charge in [0.05, 0.1) is 23.9 Å². The summed E-state index contributed by atoms with van der Waals surface area (Å²) in [6, 6.07) is 16.4. The molecule has 0 radical (unpaired) electrons. The number of nitrogens with zero attached hydrogens (tertiary/aromatic N) is 1. The fraction of sp³-hybridized carbons (Fsp3) is 0.273. The molecule has 2 aromatic carbocycles. The Hall–Kier alpha value is -3.12. The molecular formula is C22H24N2O4. The van der Waals surface area contributed by atoms with E-state index in [9.17, 15) is 14.7 Å². The number of carbonyl (C=O) groups excluding carboxylic acids is 2. The average Bonchev–Trinajstić information content (AvgIpc) is 3.21. The van der Waals surface area contributed by atoms with Crippen LogP contribution < -0.4 is 5.32 Å². The van der Waals surface area contributed by atoms with Crippen molar-refractivity contribution in [2.75, 3.05) is 25.1 Å². The molecule has 0 aromatic heterocycles. The van der Waals surface area contributed by atoms with Gasteiger partial charge in [-0.25, -0.2) is 4.79 Å². The average molecular weight is 380 g/mol. The highest BCUT2D eigenvalue weighted by Crippen LogP contribution is 2.23. The minimum absolute atomic E-state index is 0.0584. The number of benzene rings is 2. The lowest BCUT2D eigenvalue weighted by Gasteiger charge is -2.24. The maximum absolute atomic E-state index is 12.8. The normalized spacial score (nSPS) is 16.3. The van der Waals surface area contributed by atoms with Gasteiger partial charge in [0.15, 0.2) is 0 Å². The predicted octanol–water partition coefficient (Wildman–Crippen LogP) is 3.55. The molecule has 28 heavy (non-hydrogen) atoms. The van der Waals surface area contributed by atoms with Crippen LogP contribution >= 0.6 is 0 Å². The summed E-state index contributed by atoms with van der Waals surface area (Å²) in [5.41, 5.74) is 1.80. The SMILES string of the molecule is O=C(Nc1ccccc1C(=O)N1CCC[C@H]1CO)OC/C=C/c1ccccc1. The molecule has 1 aliphatic rings. The fourth-order valence-electron chi connectivity index (χ4n) is 3.24. The number of ether oxygens (including phenoxy) is 1. The standard InChI is InChI=1S/C22H24N2O4/c25-16-18-11-6-14-24(18)21(26)19-12-4-5-13-20(19)23-22(27)28-15-7-10-17-8-2-1-3-9-17/h1-5,7-10,12-13,18,25H,6,11,14-16H2,(H,23,27)/b10-7+/t18-/m0/s1. The molecule has 0 unspecified atom stereocenters. The molecule has 0 bridgehead atoms. The number of carbonyl (C=O) groups is 2. The summed E-state index contributed by atoms with van der Waals surface area (Å²) in [5.74, 6) is -0.198. The van der Waals surface area contributed by atoms with E-state index in [4.69, 9.17) is 4.74 Å². The second-order valence-electron chi connectivity index (χ2n) is 6.56. The molecule has 0 spiro atoms. The van der Waals surface area contributed by atoms with Crippen molar-refractivity contribution in [1.29, 1.82) is 0 Å². The Morgan fingerprint density at radius 3 is 2.68 bits per heavy atom. The molecule has 1 heterocycles. The van der Waals surface area contributed by atoms with Gasteiger partial charge < -0.3 is 14.7 Å². The van der Waals surface area contributed by atoms with E-state index in [1.165, 1.54) is 0 Å². The maximum Gasteiger partial charge on any atom is 0.411 e. The first-order chi connectivity index (χ1) is 13.7. The fourth-order valence-corrected chi connectivity index (χ4v) is 3.24. The molecule has 1 fully saturated rings. The summed E-state index contributed by atoms with van der Waals surface area (Å²) >= 11 is 0. The number of hydrogen-bond donors (Lipinski definition) is 2. The van der Waals surface area contributed by atoms with Crippen molar-refractivity contribution in [3.8, 4) is 0 Å². The van der Waals surface area contributed by atoms with Gasteiger partial charge in [-0.3, -0.25) is 10.1 Å². The number of rotatable bonds is 6. The van der Waals surface area contributed by atoms with Gasteiger partial charge in [0.25, 0.3) is 5.91 Å². The third-order valence-electron chi connectivity index (χ3n) is 4.66. The Kier molecular flexibility index (Phi) is 6.81. The number of aliphatic hydroxyl groups is 1. The van der Waals surface area contributed by atoms with Gasteiger partial charge in [-0.15, -0.1) is 0 Å². The van der Waals surface area contributed by atoms with Crippen LogP contribution in [0.1, 0.15) is 28.8 Å². The first kappa shape index (κ1) is 19.6. The van der Waals surface area contributed by atoms with E-state index in [-0.39, 0.29) is 25.2 Å². The third-order valence-corrected chi connectivity index (χ3v) is 4.66. The molecule has 0 aliphatic carbocycles. The zero-order valence-electron chi connectivity index (χ0n) is 15.6. The summed E-state index contributed by atoms with van der Waals surface area (Å²) in [7, 11) is 0. The lowest BCUT2D eigenvalue weighted by Crippen LogP contribution is -2.38. The molecular weight excluding hydrogens is 356 g/mol. The Balaban J connectivity index is 1.59. The van der Waals surface area contributed by atoms with Crippen LogP contribution in [0.15, 0.2) is 60.7 Å². The van der Waals surface area contributed by atoms with E-state index in [1.807, 2.05) is 36.4 Å². The highest BCUT2D eigenvalue weighted by molar-refractivity contribution is 6.02. The van der Waals surface area contributed by atoms with Gasteiger partial charge in [-0.2, -0.15) is 0 Å². The van der Waals surface area contributed by atoms with Crippen molar-refractivity contribution in [3.63, 3.8) is 0 Å². The van der Waals surface area contributed by atoms with E-state index in [1.54, 1.807) is 35.2 Å². The quantitative estimate of drug-likeness (QED) is 0.803. The van der Waals surface area contributed by atoms with Gasteiger partial charge in [-0.05, 0) is 36.6 Å². The van der Waals surface area contributed by atoms with Gasteiger partial charge in [0, 0.05) is 6.54 Å². The van der Waals surface area contributed by atoms with E-state index < -0.39 is 6.09 Å². The van der Waals surface area contributed by atoms with Crippen LogP contribution in [0.3, 0.4) is 0 Å². The number of para-hydroxylation sites is 1. The molecule has 1 atom stereocenters. The van der Waals surface area contributed by atoms with E-state index >= 15 is 0 Å². The molecule has 2 amide bonds. The summed E-state index contributed by atoms with van der Waals surface area (Å²) in [4.78, 5) is 26.6. The van der Waals surface area contributed by atoms with E-state index in [2.05, 4.69) is 5.32 Å². The van der Waals surface area contributed by atoms with Crippen molar-refractivity contribution in [2.45, 2.75) is 18.9 Å². The van der Waals surface area contributed by atoms with Gasteiger partial charge in [-0.1, -0.05) is 48.5 Å². The summed E-state index contributed by atoms with van der Waals surface area (Å²) in [6.45, 7) is 0.666. The lowest BCUT2D eigenvalue weighted by molar-refractivity contribution is 0.0678. The lowest BCUT2D eigenvalue weighted by atomic mass is 10.1. The van der Waals surface area contributed by atoms with E-state index in [0.29, 0.717) is 17.8 Å². The second kappa shape index (κ2) is 9.71. The number of amides is 2. The van der Waals surface area contributed by atoms with E-state index in [0.717, 1.165) is 18.4 Å². The van der Waals surface area contributed by atoms with Crippen LogP contribution in [-0.2, 0) is 4.74 Å². The molecule has 2 aromatic rings. The summed E-state index contributed by atoms with van der Waals surface area (Å²) < 4.78 is 5.17. The Morgan fingerprint density at radius 2 is 1.89 bits per heavy atom. The zero-order valence-corrected chi connectivity index (χ0v) is 15.6. The van der Waals surface area contributed by atoms with Crippen LogP contribution in [0.25, 0.3) is 6.08 Å². The minimum Gasteiger partial charge on any atom is -0.445 e.